The maximum Gasteiger partial charge on any atom is 0.274 e. The molecule has 65 heavy (non-hydrogen) atoms. The molecule has 4 fully saturated rings. The Hall–Kier alpha value is -6.01. The largest absolute Gasteiger partial charge is 0.355 e. The van der Waals surface area contributed by atoms with Crippen LogP contribution in [0.25, 0.3) is 6.08 Å². The zero-order valence-corrected chi connectivity index (χ0v) is 37.4. The second-order valence-electron chi connectivity index (χ2n) is 17.3. The lowest BCUT2D eigenvalue weighted by Gasteiger charge is -2.43. The molecule has 1 aromatic carbocycles. The summed E-state index contributed by atoms with van der Waals surface area (Å²) in [5, 5.41) is 14.0. The van der Waals surface area contributed by atoms with Crippen LogP contribution < -0.4 is 15.5 Å². The minimum absolute atomic E-state index is 0.0507. The van der Waals surface area contributed by atoms with Crippen LogP contribution in [0.4, 0.5) is 5.82 Å². The number of imide groups is 2. The summed E-state index contributed by atoms with van der Waals surface area (Å²) in [6.45, 7) is 6.58. The van der Waals surface area contributed by atoms with E-state index in [9.17, 15) is 33.6 Å². The first kappa shape index (κ1) is 45.6. The van der Waals surface area contributed by atoms with E-state index in [0.717, 1.165) is 87.4 Å². The van der Waals surface area contributed by atoms with E-state index in [4.69, 9.17) is 0 Å². The summed E-state index contributed by atoms with van der Waals surface area (Å²) in [7, 11) is 0. The Kier molecular flexibility index (Phi) is 14.9. The molecule has 0 aliphatic carbocycles. The molecule has 5 aliphatic rings. The van der Waals surface area contributed by atoms with Gasteiger partial charge in [0.2, 0.25) is 23.6 Å². The molecule has 7 heterocycles. The molecule has 8 rings (SSSR count). The van der Waals surface area contributed by atoms with Crippen LogP contribution in [0, 0.1) is 5.92 Å². The fourth-order valence-corrected chi connectivity index (χ4v) is 10.5. The van der Waals surface area contributed by atoms with Gasteiger partial charge in [0, 0.05) is 107 Å². The Labute approximate surface area is 382 Å². The fraction of sp³-hybridized carbons (Fsp3) is 0.489. The number of nitrogens with one attached hydrogen (secondary N) is 2. The van der Waals surface area contributed by atoms with Crippen molar-refractivity contribution in [2.75, 3.05) is 69.6 Å². The van der Waals surface area contributed by atoms with E-state index in [1.165, 1.54) is 17.8 Å². The molecule has 0 saturated carbocycles. The number of hydrogen-bond donors (Lipinski definition) is 2. The van der Waals surface area contributed by atoms with Crippen LogP contribution in [-0.4, -0.2) is 153 Å². The summed E-state index contributed by atoms with van der Waals surface area (Å²) in [5.41, 5.74) is 1.74. The second-order valence-corrected chi connectivity index (χ2v) is 18.4. The van der Waals surface area contributed by atoms with Crippen LogP contribution in [0.3, 0.4) is 0 Å². The molecule has 342 valence electrons. The molecule has 7 amide bonds. The normalized spacial score (nSPS) is 20.1. The van der Waals surface area contributed by atoms with Crippen LogP contribution in [0.1, 0.15) is 101 Å². The lowest BCUT2D eigenvalue weighted by atomic mass is 9.91. The van der Waals surface area contributed by atoms with E-state index in [0.29, 0.717) is 61.0 Å². The van der Waals surface area contributed by atoms with Crippen molar-refractivity contribution >= 4 is 65.0 Å². The highest BCUT2D eigenvalue weighted by atomic mass is 32.2. The molecule has 0 spiro atoms. The number of nitrogens with zero attached hydrogens (tertiary/aromatic N) is 8. The number of unbranched alkanes of at least 4 members (excludes halogenated alkanes) is 1. The third-order valence-electron chi connectivity index (χ3n) is 13.2. The van der Waals surface area contributed by atoms with Crippen LogP contribution in [0.5, 0.6) is 0 Å². The summed E-state index contributed by atoms with van der Waals surface area (Å²) < 4.78 is 0. The number of piperazine rings is 1. The van der Waals surface area contributed by atoms with Gasteiger partial charge in [-0.15, -0.1) is 22.0 Å². The molecule has 1 atom stereocenters. The van der Waals surface area contributed by atoms with Crippen molar-refractivity contribution in [3.63, 3.8) is 0 Å². The number of benzene rings is 1. The van der Waals surface area contributed by atoms with Gasteiger partial charge in [-0.3, -0.25) is 53.7 Å². The molecule has 5 aliphatic heterocycles. The molecule has 4 saturated heterocycles. The molecular weight excluding hydrogens is 849 g/mol. The van der Waals surface area contributed by atoms with Crippen molar-refractivity contribution in [2.24, 2.45) is 5.92 Å². The van der Waals surface area contributed by atoms with Gasteiger partial charge in [-0.1, -0.05) is 25.0 Å². The Balaban J connectivity index is 0.700. The maximum absolute atomic E-state index is 13.4. The average Bonchev–Trinajstić information content (AvgIpc) is 3.59. The number of carbonyl (C=O) groups excluding carboxylic acids is 7. The highest BCUT2D eigenvalue weighted by Crippen LogP contribution is 2.35. The highest BCUT2D eigenvalue weighted by molar-refractivity contribution is 7.99. The third kappa shape index (κ3) is 11.1. The molecular formula is C47H56N10O7S. The highest BCUT2D eigenvalue weighted by Gasteiger charge is 2.45. The summed E-state index contributed by atoms with van der Waals surface area (Å²) in [6.07, 6.45) is 14.0. The summed E-state index contributed by atoms with van der Waals surface area (Å²) >= 11 is 1.35. The Morgan fingerprint density at radius 1 is 0.815 bits per heavy atom. The number of piperidine rings is 3. The second kappa shape index (κ2) is 21.3. The first-order chi connectivity index (χ1) is 31.6. The van der Waals surface area contributed by atoms with Gasteiger partial charge in [0.25, 0.3) is 17.7 Å². The van der Waals surface area contributed by atoms with Gasteiger partial charge in [0.15, 0.2) is 11.5 Å². The fourth-order valence-electron chi connectivity index (χ4n) is 9.48. The van der Waals surface area contributed by atoms with Crippen molar-refractivity contribution in [2.45, 2.75) is 81.2 Å². The van der Waals surface area contributed by atoms with Gasteiger partial charge in [0.05, 0.1) is 11.1 Å². The van der Waals surface area contributed by atoms with Crippen LogP contribution >= 0.6 is 11.8 Å². The monoisotopic (exact) mass is 904 g/mol. The van der Waals surface area contributed by atoms with Crippen molar-refractivity contribution in [1.82, 2.24) is 45.4 Å². The molecule has 2 N–H and O–H groups in total. The van der Waals surface area contributed by atoms with Crippen LogP contribution in [0.15, 0.2) is 65.8 Å². The minimum atomic E-state index is -1.03. The van der Waals surface area contributed by atoms with Gasteiger partial charge in [-0.25, -0.2) is 0 Å². The van der Waals surface area contributed by atoms with E-state index >= 15 is 0 Å². The standard InChI is InChI=1S/C47H56N10O7S/c58-40(13-9-33-6-4-20-48-31-33)49-21-2-1-5-32-15-22-56(23-16-32)46(63)36-10-12-39(52-51-36)54-24-17-34(18-25-54)53-26-28-55(29-27-53)42(60)19-30-65-38-8-3-7-35-43(38)47(64)57(45(35)62)37-11-14-41(59)50-44(37)61/h3-4,6-10,12-13,20,31-32,34,37H,1-2,5,11,14-19,21-30H2,(H,49,58)(H,50,59,61)/b13-9+. The number of hydrogen-bond acceptors (Lipinski definition) is 13. The Morgan fingerprint density at radius 3 is 2.34 bits per heavy atom. The van der Waals surface area contributed by atoms with Crippen LogP contribution in [0.2, 0.25) is 0 Å². The van der Waals surface area contributed by atoms with E-state index in [-0.39, 0.29) is 48.1 Å². The van der Waals surface area contributed by atoms with Gasteiger partial charge in [-0.2, -0.15) is 0 Å². The predicted molar refractivity (Wildman–Crippen MR) is 243 cm³/mol. The maximum atomic E-state index is 13.4. The smallest absolute Gasteiger partial charge is 0.274 e. The number of amides is 7. The topological polar surface area (TPSA) is 198 Å². The number of carbonyl (C=O) groups is 7. The van der Waals surface area contributed by atoms with Crippen LogP contribution in [-0.2, 0) is 19.2 Å². The first-order valence-electron chi connectivity index (χ1n) is 22.9. The number of aromatic nitrogens is 3. The molecule has 17 nitrogen and oxygen atoms in total. The zero-order chi connectivity index (χ0) is 45.3. The molecule has 1 unspecified atom stereocenters. The molecule has 2 aromatic heterocycles. The van der Waals surface area contributed by atoms with E-state index < -0.39 is 29.7 Å². The summed E-state index contributed by atoms with van der Waals surface area (Å²) in [5.74, 6) is -0.517. The van der Waals surface area contributed by atoms with Gasteiger partial charge >= 0.3 is 0 Å². The van der Waals surface area contributed by atoms with E-state index in [2.05, 4.69) is 35.6 Å². The summed E-state index contributed by atoms with van der Waals surface area (Å²) in [4.78, 5) is 104. The van der Waals surface area contributed by atoms with E-state index in [1.54, 1.807) is 42.7 Å². The molecule has 3 aromatic rings. The van der Waals surface area contributed by atoms with Gasteiger partial charge < -0.3 is 20.0 Å². The lowest BCUT2D eigenvalue weighted by molar-refractivity contribution is -0.136. The SMILES string of the molecule is O=C(/C=C/c1cccnc1)NCCCCC1CCN(C(=O)c2ccc(N3CCC(N4CCN(C(=O)CCSc5cccc6c5C(=O)N(C5CCC(=O)NC5=O)C6=O)CC4)CC3)nn2)CC1. The number of anilines is 1. The van der Waals surface area contributed by atoms with Gasteiger partial charge in [0.1, 0.15) is 6.04 Å². The quantitative estimate of drug-likeness (QED) is 0.0975. The zero-order valence-electron chi connectivity index (χ0n) is 36.6. The van der Waals surface area contributed by atoms with Crippen molar-refractivity contribution in [1.29, 1.82) is 0 Å². The molecule has 0 radical (unpaired) electrons. The number of pyridine rings is 1. The lowest BCUT2D eigenvalue weighted by Crippen LogP contribution is -2.54. The van der Waals surface area contributed by atoms with Crippen molar-refractivity contribution in [3.05, 3.63) is 83.3 Å². The molecule has 0 bridgehead atoms. The predicted octanol–water partition coefficient (Wildman–Crippen LogP) is 3.42. The van der Waals surface area contributed by atoms with Crippen molar-refractivity contribution in [3.8, 4) is 0 Å². The summed E-state index contributed by atoms with van der Waals surface area (Å²) in [6, 6.07) is 11.8. The Bertz CT molecular complexity index is 2270. The number of rotatable bonds is 15. The minimum Gasteiger partial charge on any atom is -0.355 e. The number of thioether (sulfide) groups is 1. The van der Waals surface area contributed by atoms with Gasteiger partial charge in [-0.05, 0) is 86.4 Å². The molecule has 18 heteroatoms. The van der Waals surface area contributed by atoms with E-state index in [1.807, 2.05) is 28.0 Å². The number of likely N-dealkylation sites (tertiary alicyclic amines) is 1. The first-order valence-corrected chi connectivity index (χ1v) is 23.8. The Morgan fingerprint density at radius 2 is 1.62 bits per heavy atom. The average molecular weight is 905 g/mol. The number of fused-ring (bicyclic) bond motifs is 1. The van der Waals surface area contributed by atoms with Crippen molar-refractivity contribution < 1.29 is 33.6 Å². The third-order valence-corrected chi connectivity index (χ3v) is 14.3.